The average Bonchev–Trinajstić information content (AvgIpc) is 2.96. The van der Waals surface area contributed by atoms with E-state index in [4.69, 9.17) is 4.52 Å². The first-order valence-electron chi connectivity index (χ1n) is 8.36. The monoisotopic (exact) mass is 314 g/mol. The molecule has 6 heteroatoms. The molecule has 2 aliphatic rings. The van der Waals surface area contributed by atoms with Crippen molar-refractivity contribution in [2.75, 3.05) is 6.54 Å². The van der Waals surface area contributed by atoms with Gasteiger partial charge < -0.3 is 14.0 Å². The van der Waals surface area contributed by atoms with Crippen LogP contribution in [0.3, 0.4) is 0 Å². The lowest BCUT2D eigenvalue weighted by Gasteiger charge is -2.22. The van der Waals surface area contributed by atoms with Gasteiger partial charge >= 0.3 is 0 Å². The van der Waals surface area contributed by atoms with E-state index in [9.17, 15) is 4.79 Å². The van der Waals surface area contributed by atoms with Crippen molar-refractivity contribution >= 4 is 5.91 Å². The molecule has 1 saturated carbocycles. The fraction of sp³-hybridized carbons (Fsp3) is 0.588. The second kappa shape index (κ2) is 5.22. The molecule has 1 aliphatic heterocycles. The highest BCUT2D eigenvalue weighted by Gasteiger charge is 2.36. The predicted octanol–water partition coefficient (Wildman–Crippen LogP) is 3.11. The second-order valence-electron chi connectivity index (χ2n) is 6.71. The summed E-state index contributed by atoms with van der Waals surface area (Å²) in [6.45, 7) is 6.68. The summed E-state index contributed by atoms with van der Waals surface area (Å²) in [5.74, 6) is 1.27. The van der Waals surface area contributed by atoms with Crippen molar-refractivity contribution in [2.24, 2.45) is 0 Å². The van der Waals surface area contributed by atoms with Gasteiger partial charge in [-0.1, -0.05) is 5.16 Å². The molecule has 1 aliphatic carbocycles. The second-order valence-corrected chi connectivity index (χ2v) is 6.71. The van der Waals surface area contributed by atoms with Gasteiger partial charge in [0.1, 0.15) is 0 Å². The quantitative estimate of drug-likeness (QED) is 0.873. The Hall–Kier alpha value is -2.11. The number of rotatable bonds is 3. The van der Waals surface area contributed by atoms with Gasteiger partial charge in [-0.15, -0.1) is 0 Å². The number of amides is 1. The van der Waals surface area contributed by atoms with Crippen LogP contribution in [0, 0.1) is 20.8 Å². The first-order chi connectivity index (χ1) is 11.1. The summed E-state index contributed by atoms with van der Waals surface area (Å²) in [6.07, 6.45) is 4.31. The average molecular weight is 314 g/mol. The smallest absolute Gasteiger partial charge is 0.256 e. The van der Waals surface area contributed by atoms with Gasteiger partial charge in [-0.25, -0.2) is 0 Å². The molecule has 0 bridgehead atoms. The van der Waals surface area contributed by atoms with Crippen molar-refractivity contribution in [1.29, 1.82) is 0 Å². The number of hydrogen-bond donors (Lipinski definition) is 0. The molecule has 122 valence electrons. The Labute approximate surface area is 135 Å². The van der Waals surface area contributed by atoms with Gasteiger partial charge in [0.25, 0.3) is 5.91 Å². The molecule has 6 nitrogen and oxygen atoms in total. The molecule has 2 aromatic heterocycles. The van der Waals surface area contributed by atoms with Gasteiger partial charge in [-0.05, 0) is 45.6 Å². The van der Waals surface area contributed by atoms with Crippen LogP contribution in [0.25, 0.3) is 0 Å². The third-order valence-corrected chi connectivity index (χ3v) is 4.98. The van der Waals surface area contributed by atoms with Crippen LogP contribution in [-0.4, -0.2) is 32.1 Å². The van der Waals surface area contributed by atoms with Crippen molar-refractivity contribution in [3.05, 3.63) is 34.7 Å². The summed E-state index contributed by atoms with van der Waals surface area (Å²) >= 11 is 0. The summed E-state index contributed by atoms with van der Waals surface area (Å²) in [7, 11) is 0. The van der Waals surface area contributed by atoms with Gasteiger partial charge in [-0.2, -0.15) is 4.98 Å². The zero-order chi connectivity index (χ0) is 16.1. The standard InChI is InChI=1S/C17H22N4O2/c1-10-9-14(11(2)21(10)13-6-7-13)17(22)20-8-4-5-15(20)16-18-12(3)23-19-16/h9,13,15H,4-8H2,1-3H3. The molecule has 2 fully saturated rings. The molecule has 0 radical (unpaired) electrons. The van der Waals surface area contributed by atoms with Crippen LogP contribution in [0.1, 0.15) is 71.2 Å². The molecule has 23 heavy (non-hydrogen) atoms. The number of carbonyl (C=O) groups excluding carboxylic acids is 1. The highest BCUT2D eigenvalue weighted by Crippen LogP contribution is 2.39. The Balaban J connectivity index is 1.64. The zero-order valence-corrected chi connectivity index (χ0v) is 13.9. The minimum atomic E-state index is -0.0658. The number of likely N-dealkylation sites (tertiary alicyclic amines) is 1. The fourth-order valence-electron chi connectivity index (χ4n) is 3.77. The molecule has 3 heterocycles. The van der Waals surface area contributed by atoms with Crippen LogP contribution in [0.5, 0.6) is 0 Å². The largest absolute Gasteiger partial charge is 0.345 e. The maximum absolute atomic E-state index is 13.1. The topological polar surface area (TPSA) is 64.2 Å². The number of carbonyl (C=O) groups is 1. The molecule has 2 aromatic rings. The maximum atomic E-state index is 13.1. The number of nitrogens with zero attached hydrogens (tertiary/aromatic N) is 4. The molecule has 1 unspecified atom stereocenters. The van der Waals surface area contributed by atoms with Crippen LogP contribution in [-0.2, 0) is 0 Å². The Morgan fingerprint density at radius 1 is 1.26 bits per heavy atom. The van der Waals surface area contributed by atoms with Gasteiger partial charge in [0.05, 0.1) is 11.6 Å². The molecule has 1 amide bonds. The third-order valence-electron chi connectivity index (χ3n) is 4.98. The lowest BCUT2D eigenvalue weighted by atomic mass is 10.1. The normalized spacial score (nSPS) is 21.2. The first kappa shape index (κ1) is 14.5. The first-order valence-corrected chi connectivity index (χ1v) is 8.36. The van der Waals surface area contributed by atoms with E-state index in [1.165, 1.54) is 18.5 Å². The third kappa shape index (κ3) is 2.36. The van der Waals surface area contributed by atoms with Gasteiger partial charge in [0.15, 0.2) is 5.82 Å². The summed E-state index contributed by atoms with van der Waals surface area (Å²) < 4.78 is 7.41. The van der Waals surface area contributed by atoms with Crippen LogP contribution < -0.4 is 0 Å². The summed E-state index contributed by atoms with van der Waals surface area (Å²) in [6, 6.07) is 2.56. The van der Waals surface area contributed by atoms with Crippen molar-refractivity contribution < 1.29 is 9.32 Å². The summed E-state index contributed by atoms with van der Waals surface area (Å²) in [5, 5.41) is 4.02. The van der Waals surface area contributed by atoms with Gasteiger partial charge in [-0.3, -0.25) is 4.79 Å². The molecular weight excluding hydrogens is 292 g/mol. The van der Waals surface area contributed by atoms with Gasteiger partial charge in [0, 0.05) is 30.9 Å². The van der Waals surface area contributed by atoms with E-state index in [0.29, 0.717) is 17.8 Å². The number of aryl methyl sites for hydroxylation is 2. The van der Waals surface area contributed by atoms with E-state index in [1.807, 2.05) is 11.0 Å². The minimum Gasteiger partial charge on any atom is -0.345 e. The van der Waals surface area contributed by atoms with Crippen molar-refractivity contribution in [3.63, 3.8) is 0 Å². The highest BCUT2D eigenvalue weighted by atomic mass is 16.5. The van der Waals surface area contributed by atoms with Crippen LogP contribution >= 0.6 is 0 Å². The van der Waals surface area contributed by atoms with E-state index < -0.39 is 0 Å². The van der Waals surface area contributed by atoms with Crippen molar-refractivity contribution in [1.82, 2.24) is 19.6 Å². The Morgan fingerprint density at radius 3 is 2.70 bits per heavy atom. The number of aromatic nitrogens is 3. The van der Waals surface area contributed by atoms with Crippen LogP contribution in [0.2, 0.25) is 0 Å². The molecule has 4 rings (SSSR count). The minimum absolute atomic E-state index is 0.0658. The molecule has 1 atom stereocenters. The van der Waals surface area contributed by atoms with Crippen LogP contribution in [0.15, 0.2) is 10.6 Å². The molecular formula is C17H22N4O2. The Bertz CT molecular complexity index is 757. The van der Waals surface area contributed by atoms with E-state index in [1.54, 1.807) is 6.92 Å². The Kier molecular flexibility index (Phi) is 3.28. The summed E-state index contributed by atoms with van der Waals surface area (Å²) in [4.78, 5) is 19.3. The van der Waals surface area contributed by atoms with E-state index in [2.05, 4.69) is 28.6 Å². The highest BCUT2D eigenvalue weighted by molar-refractivity contribution is 5.96. The fourth-order valence-corrected chi connectivity index (χ4v) is 3.77. The molecule has 0 N–H and O–H groups in total. The lowest BCUT2D eigenvalue weighted by molar-refractivity contribution is 0.0727. The number of hydrogen-bond acceptors (Lipinski definition) is 4. The molecule has 1 saturated heterocycles. The SMILES string of the molecule is Cc1nc(C2CCCN2C(=O)c2cc(C)n(C3CC3)c2C)no1. The van der Waals surface area contributed by atoms with E-state index in [-0.39, 0.29) is 11.9 Å². The van der Waals surface area contributed by atoms with Gasteiger partial charge in [0.2, 0.25) is 5.89 Å². The predicted molar refractivity (Wildman–Crippen MR) is 84.2 cm³/mol. The Morgan fingerprint density at radius 2 is 2.04 bits per heavy atom. The van der Waals surface area contributed by atoms with E-state index >= 15 is 0 Å². The zero-order valence-electron chi connectivity index (χ0n) is 13.9. The molecule has 0 aromatic carbocycles. The maximum Gasteiger partial charge on any atom is 0.256 e. The molecule has 0 spiro atoms. The van der Waals surface area contributed by atoms with E-state index in [0.717, 1.165) is 30.6 Å². The van der Waals surface area contributed by atoms with Crippen LogP contribution in [0.4, 0.5) is 0 Å². The van der Waals surface area contributed by atoms with Crippen molar-refractivity contribution in [3.8, 4) is 0 Å². The lowest BCUT2D eigenvalue weighted by Crippen LogP contribution is -2.31. The van der Waals surface area contributed by atoms with Crippen molar-refractivity contribution in [2.45, 2.75) is 58.5 Å². The summed E-state index contributed by atoms with van der Waals surface area (Å²) in [5.41, 5.74) is 3.09.